The number of para-hydroxylation sites is 1. The first-order chi connectivity index (χ1) is 13.0. The van der Waals surface area contributed by atoms with E-state index < -0.39 is 23.7 Å². The van der Waals surface area contributed by atoms with Crippen molar-refractivity contribution in [2.45, 2.75) is 32.1 Å². The highest BCUT2D eigenvalue weighted by Crippen LogP contribution is 2.47. The first-order valence-corrected chi connectivity index (χ1v) is 8.83. The number of rotatable bonds is 2. The Balaban J connectivity index is 1.90. The SMILES string of the molecule is CC[C@@]1(O)C(=O)Nc2c1c(CO)c(=O)n1c2-c2nc3ccccc3cc2C1. The average molecular weight is 363 g/mol. The molecule has 0 bridgehead atoms. The molecule has 7 nitrogen and oxygen atoms in total. The molecular formula is C20H17N3O4. The fourth-order valence-corrected chi connectivity index (χ4v) is 4.22. The van der Waals surface area contributed by atoms with Gasteiger partial charge in [0.2, 0.25) is 0 Å². The molecule has 2 aliphatic heterocycles. The molecule has 1 atom stereocenters. The van der Waals surface area contributed by atoms with Gasteiger partial charge in [-0.25, -0.2) is 4.98 Å². The molecule has 2 aromatic heterocycles. The number of carbonyl (C=O) groups is 1. The van der Waals surface area contributed by atoms with E-state index in [1.165, 1.54) is 4.57 Å². The maximum atomic E-state index is 13.0. The third-order valence-corrected chi connectivity index (χ3v) is 5.62. The summed E-state index contributed by atoms with van der Waals surface area (Å²) in [5.74, 6) is -0.586. The predicted octanol–water partition coefficient (Wildman–Crippen LogP) is 1.47. The lowest BCUT2D eigenvalue weighted by atomic mass is 9.89. The minimum atomic E-state index is -1.83. The monoisotopic (exact) mass is 363 g/mol. The van der Waals surface area contributed by atoms with E-state index in [9.17, 15) is 19.8 Å². The van der Waals surface area contributed by atoms with Crippen molar-refractivity contribution in [1.29, 1.82) is 0 Å². The lowest BCUT2D eigenvalue weighted by Crippen LogP contribution is -2.36. The number of nitrogens with one attached hydrogen (secondary N) is 1. The van der Waals surface area contributed by atoms with Crippen molar-refractivity contribution in [3.63, 3.8) is 0 Å². The molecule has 136 valence electrons. The molecule has 3 N–H and O–H groups in total. The van der Waals surface area contributed by atoms with Crippen molar-refractivity contribution >= 4 is 22.5 Å². The summed E-state index contributed by atoms with van der Waals surface area (Å²) < 4.78 is 1.52. The number of aromatic nitrogens is 2. The summed E-state index contributed by atoms with van der Waals surface area (Å²) in [7, 11) is 0. The summed E-state index contributed by atoms with van der Waals surface area (Å²) >= 11 is 0. The topological polar surface area (TPSA) is 104 Å². The van der Waals surface area contributed by atoms with Crippen LogP contribution >= 0.6 is 0 Å². The molecule has 27 heavy (non-hydrogen) atoms. The van der Waals surface area contributed by atoms with Crippen LogP contribution < -0.4 is 10.9 Å². The molecule has 0 aliphatic carbocycles. The van der Waals surface area contributed by atoms with Crippen molar-refractivity contribution in [1.82, 2.24) is 9.55 Å². The maximum Gasteiger partial charge on any atom is 0.261 e. The highest BCUT2D eigenvalue weighted by atomic mass is 16.3. The van der Waals surface area contributed by atoms with Gasteiger partial charge in [-0.1, -0.05) is 25.1 Å². The van der Waals surface area contributed by atoms with Gasteiger partial charge >= 0.3 is 0 Å². The van der Waals surface area contributed by atoms with Gasteiger partial charge < -0.3 is 20.1 Å². The van der Waals surface area contributed by atoms with E-state index in [1.807, 2.05) is 30.3 Å². The van der Waals surface area contributed by atoms with E-state index in [-0.39, 0.29) is 17.5 Å². The number of aliphatic hydroxyl groups is 2. The molecule has 4 heterocycles. The zero-order valence-electron chi connectivity index (χ0n) is 14.6. The molecule has 5 rings (SSSR count). The quantitative estimate of drug-likeness (QED) is 0.500. The molecule has 0 unspecified atom stereocenters. The number of aliphatic hydroxyl groups excluding tert-OH is 1. The Morgan fingerprint density at radius 3 is 2.81 bits per heavy atom. The standard InChI is InChI=1S/C20H17N3O4/c1-2-20(27)14-12(9-24)18(25)23-8-11-7-10-5-3-4-6-13(10)21-15(11)17(23)16(14)22-19(20)26/h3-7,24,27H,2,8-9H2,1H3,(H,22,26)/t20-/m0/s1. The van der Waals surface area contributed by atoms with Crippen LogP contribution in [-0.4, -0.2) is 25.7 Å². The minimum Gasteiger partial charge on any atom is -0.391 e. The number of hydrogen-bond acceptors (Lipinski definition) is 5. The van der Waals surface area contributed by atoms with Gasteiger partial charge in [-0.05, 0) is 18.6 Å². The second kappa shape index (κ2) is 5.25. The minimum absolute atomic E-state index is 0.0498. The summed E-state index contributed by atoms with van der Waals surface area (Å²) in [5, 5.41) is 24.4. The second-order valence-electron chi connectivity index (χ2n) is 6.98. The van der Waals surface area contributed by atoms with Gasteiger partial charge in [-0.3, -0.25) is 9.59 Å². The fourth-order valence-electron chi connectivity index (χ4n) is 4.22. The van der Waals surface area contributed by atoms with Crippen LogP contribution in [0, 0.1) is 0 Å². The molecule has 0 spiro atoms. The first kappa shape index (κ1) is 16.2. The molecule has 0 radical (unpaired) electrons. The Morgan fingerprint density at radius 1 is 1.30 bits per heavy atom. The van der Waals surface area contributed by atoms with Crippen LogP contribution in [0.3, 0.4) is 0 Å². The lowest BCUT2D eigenvalue weighted by molar-refractivity contribution is -0.134. The molecule has 7 heteroatoms. The van der Waals surface area contributed by atoms with Gasteiger partial charge in [0.25, 0.3) is 11.5 Å². The number of pyridine rings is 2. The molecule has 0 saturated heterocycles. The van der Waals surface area contributed by atoms with Crippen molar-refractivity contribution in [2.75, 3.05) is 5.32 Å². The average Bonchev–Trinajstić information content (AvgIpc) is 3.17. The molecule has 0 fully saturated rings. The Kier molecular flexibility index (Phi) is 3.14. The van der Waals surface area contributed by atoms with E-state index in [0.717, 1.165) is 16.5 Å². The van der Waals surface area contributed by atoms with Crippen LogP contribution in [0.25, 0.3) is 22.3 Å². The Hall–Kier alpha value is -3.03. The summed E-state index contributed by atoms with van der Waals surface area (Å²) in [5.41, 5.74) is 1.12. The van der Waals surface area contributed by atoms with Gasteiger partial charge in [0.1, 0.15) is 0 Å². The van der Waals surface area contributed by atoms with Crippen LogP contribution in [-0.2, 0) is 23.5 Å². The maximum absolute atomic E-state index is 13.0. The predicted molar refractivity (Wildman–Crippen MR) is 99.3 cm³/mol. The van der Waals surface area contributed by atoms with Crippen molar-refractivity contribution in [3.05, 3.63) is 57.4 Å². The van der Waals surface area contributed by atoms with Crippen LogP contribution in [0.15, 0.2) is 35.1 Å². The summed E-state index contributed by atoms with van der Waals surface area (Å²) in [6.45, 7) is 1.42. The number of nitrogens with zero attached hydrogens (tertiary/aromatic N) is 2. The van der Waals surface area contributed by atoms with E-state index in [4.69, 9.17) is 4.98 Å². The Morgan fingerprint density at radius 2 is 2.07 bits per heavy atom. The lowest BCUT2D eigenvalue weighted by Gasteiger charge is -2.21. The molecule has 0 saturated carbocycles. The number of amides is 1. The molecule has 2 aliphatic rings. The van der Waals surface area contributed by atoms with Gasteiger partial charge in [0, 0.05) is 16.5 Å². The van der Waals surface area contributed by atoms with E-state index in [1.54, 1.807) is 6.92 Å². The summed E-state index contributed by atoms with van der Waals surface area (Å²) in [6, 6.07) is 9.64. The normalized spacial score (nSPS) is 19.7. The van der Waals surface area contributed by atoms with E-state index in [0.29, 0.717) is 23.6 Å². The van der Waals surface area contributed by atoms with Crippen LogP contribution in [0.1, 0.15) is 30.0 Å². The van der Waals surface area contributed by atoms with Gasteiger partial charge in [0.05, 0.1) is 41.3 Å². The van der Waals surface area contributed by atoms with Crippen molar-refractivity contribution < 1.29 is 15.0 Å². The van der Waals surface area contributed by atoms with Crippen molar-refractivity contribution in [2.24, 2.45) is 0 Å². The van der Waals surface area contributed by atoms with Crippen LogP contribution in [0.4, 0.5) is 5.69 Å². The molecule has 1 aromatic carbocycles. The summed E-state index contributed by atoms with van der Waals surface area (Å²) in [4.78, 5) is 30.3. The molecule has 1 amide bonds. The Bertz CT molecular complexity index is 1210. The molecule has 3 aromatic rings. The number of carbonyl (C=O) groups excluding carboxylic acids is 1. The fraction of sp³-hybridized carbons (Fsp3) is 0.250. The Labute approximate surface area is 153 Å². The van der Waals surface area contributed by atoms with E-state index in [2.05, 4.69) is 5.32 Å². The first-order valence-electron chi connectivity index (χ1n) is 8.83. The van der Waals surface area contributed by atoms with Crippen LogP contribution in [0.5, 0.6) is 0 Å². The number of fused-ring (bicyclic) bond motifs is 6. The van der Waals surface area contributed by atoms with Gasteiger partial charge in [-0.15, -0.1) is 0 Å². The van der Waals surface area contributed by atoms with E-state index >= 15 is 0 Å². The number of anilines is 1. The van der Waals surface area contributed by atoms with Crippen LogP contribution in [0.2, 0.25) is 0 Å². The van der Waals surface area contributed by atoms with Gasteiger partial charge in [-0.2, -0.15) is 0 Å². The number of benzene rings is 1. The zero-order valence-corrected chi connectivity index (χ0v) is 14.6. The third-order valence-electron chi connectivity index (χ3n) is 5.62. The van der Waals surface area contributed by atoms with Gasteiger partial charge in [0.15, 0.2) is 5.60 Å². The highest BCUT2D eigenvalue weighted by molar-refractivity contribution is 6.09. The smallest absolute Gasteiger partial charge is 0.261 e. The third kappa shape index (κ3) is 1.90. The van der Waals surface area contributed by atoms with Crippen molar-refractivity contribution in [3.8, 4) is 11.4 Å². The molecular weight excluding hydrogens is 346 g/mol. The largest absolute Gasteiger partial charge is 0.391 e. The highest BCUT2D eigenvalue weighted by Gasteiger charge is 2.49. The zero-order chi connectivity index (χ0) is 18.9. The number of hydrogen-bond donors (Lipinski definition) is 3. The summed E-state index contributed by atoms with van der Waals surface area (Å²) in [6.07, 6.45) is 0.0970. The second-order valence-corrected chi connectivity index (χ2v) is 6.98.